The highest BCUT2D eigenvalue weighted by molar-refractivity contribution is 7.92. The van der Waals surface area contributed by atoms with Gasteiger partial charge in [0.2, 0.25) is 10.0 Å². The van der Waals surface area contributed by atoms with Gasteiger partial charge in [0.15, 0.2) is 11.5 Å². The van der Waals surface area contributed by atoms with Crippen molar-refractivity contribution in [3.8, 4) is 5.75 Å². The first kappa shape index (κ1) is 29.9. The van der Waals surface area contributed by atoms with Crippen LogP contribution in [0.3, 0.4) is 0 Å². The molecule has 12 heteroatoms. The molecule has 0 radical (unpaired) electrons. The lowest BCUT2D eigenvalue weighted by Crippen LogP contribution is -2.38. The predicted molar refractivity (Wildman–Crippen MR) is 171 cm³/mol. The topological polar surface area (TPSA) is 130 Å². The number of anilines is 2. The van der Waals surface area contributed by atoms with Gasteiger partial charge >= 0.3 is 6.03 Å². The minimum atomic E-state index is -3.48. The number of urea groups is 1. The molecule has 2 aromatic carbocycles. The number of fused-ring (bicyclic) bond motifs is 2. The molecule has 3 heterocycles. The van der Waals surface area contributed by atoms with Crippen LogP contribution in [-0.4, -0.2) is 53.8 Å². The summed E-state index contributed by atoms with van der Waals surface area (Å²) in [6.07, 6.45) is 5.35. The molecule has 1 saturated heterocycles. The number of carbonyl (C=O) groups excluding carboxylic acids is 1. The fraction of sp³-hybridized carbons (Fsp3) is 0.406. The number of hydrogen-bond acceptors (Lipinski definition) is 7. The Morgan fingerprint density at radius 2 is 1.73 bits per heavy atom. The molecule has 2 aromatic heterocycles. The number of hydrogen-bond donors (Lipinski definition) is 3. The summed E-state index contributed by atoms with van der Waals surface area (Å²) in [5.41, 5.74) is 4.36. The Morgan fingerprint density at radius 1 is 0.977 bits per heavy atom. The molecule has 0 unspecified atom stereocenters. The molecule has 0 spiro atoms. The van der Waals surface area contributed by atoms with E-state index in [2.05, 4.69) is 37.5 Å². The molecule has 0 bridgehead atoms. The van der Waals surface area contributed by atoms with E-state index >= 15 is 0 Å². The molecule has 0 saturated carbocycles. The van der Waals surface area contributed by atoms with Crippen LogP contribution >= 0.6 is 0 Å². The van der Waals surface area contributed by atoms with Crippen molar-refractivity contribution in [2.75, 3.05) is 29.9 Å². The average molecular weight is 618 g/mol. The van der Waals surface area contributed by atoms with Gasteiger partial charge in [0.1, 0.15) is 11.9 Å². The van der Waals surface area contributed by atoms with E-state index < -0.39 is 10.0 Å². The minimum Gasteiger partial charge on any atom is -0.484 e. The molecule has 1 aliphatic heterocycles. The molecular weight excluding hydrogens is 578 g/mol. The van der Waals surface area contributed by atoms with E-state index in [0.717, 1.165) is 53.1 Å². The maximum absolute atomic E-state index is 13.2. The zero-order chi connectivity index (χ0) is 31.2. The van der Waals surface area contributed by atoms with Gasteiger partial charge in [-0.3, -0.25) is 14.0 Å². The first-order valence-corrected chi connectivity index (χ1v) is 16.7. The van der Waals surface area contributed by atoms with Crippen molar-refractivity contribution in [2.45, 2.75) is 63.6 Å². The van der Waals surface area contributed by atoms with E-state index in [1.165, 1.54) is 0 Å². The van der Waals surface area contributed by atoms with Gasteiger partial charge in [-0.05, 0) is 78.7 Å². The molecule has 44 heavy (non-hydrogen) atoms. The highest BCUT2D eigenvalue weighted by atomic mass is 32.2. The Morgan fingerprint density at radius 3 is 2.41 bits per heavy atom. The third-order valence-electron chi connectivity index (χ3n) is 8.37. The minimum absolute atomic E-state index is 0.177. The summed E-state index contributed by atoms with van der Waals surface area (Å²) in [5.74, 6) is 1.66. The van der Waals surface area contributed by atoms with Gasteiger partial charge in [-0.15, -0.1) is 10.2 Å². The van der Waals surface area contributed by atoms with E-state index in [1.807, 2.05) is 73.8 Å². The van der Waals surface area contributed by atoms with Crippen molar-refractivity contribution in [3.63, 3.8) is 0 Å². The van der Waals surface area contributed by atoms with Gasteiger partial charge in [0.05, 0.1) is 30.2 Å². The van der Waals surface area contributed by atoms with Gasteiger partial charge < -0.3 is 15.4 Å². The number of nitrogens with zero attached hydrogens (tertiary/aromatic N) is 4. The molecule has 11 nitrogen and oxygen atoms in total. The normalized spacial score (nSPS) is 20.4. The summed E-state index contributed by atoms with van der Waals surface area (Å²) < 4.78 is 34.9. The van der Waals surface area contributed by atoms with Crippen molar-refractivity contribution < 1.29 is 17.9 Å². The number of carbonyl (C=O) groups is 1. The van der Waals surface area contributed by atoms with Crippen molar-refractivity contribution in [1.82, 2.24) is 24.8 Å². The van der Waals surface area contributed by atoms with Gasteiger partial charge in [0, 0.05) is 12.2 Å². The summed E-state index contributed by atoms with van der Waals surface area (Å²) in [5, 5.41) is 14.8. The monoisotopic (exact) mass is 617 g/mol. The number of sulfonamides is 1. The second-order valence-corrected chi connectivity index (χ2v) is 14.6. The molecule has 232 valence electrons. The molecule has 1 fully saturated rings. The highest BCUT2D eigenvalue weighted by Gasteiger charge is 2.32. The van der Waals surface area contributed by atoms with Crippen LogP contribution in [-0.2, 0) is 15.4 Å². The lowest BCUT2D eigenvalue weighted by molar-refractivity contribution is 0.119. The van der Waals surface area contributed by atoms with E-state index in [-0.39, 0.29) is 29.6 Å². The van der Waals surface area contributed by atoms with Crippen LogP contribution < -0.4 is 20.1 Å². The molecule has 6 rings (SSSR count). The first-order valence-electron chi connectivity index (χ1n) is 14.9. The number of rotatable bonds is 7. The summed E-state index contributed by atoms with van der Waals surface area (Å²) in [7, 11) is -1.39. The Labute approximate surface area is 258 Å². The van der Waals surface area contributed by atoms with Crippen LogP contribution in [0, 0.1) is 0 Å². The van der Waals surface area contributed by atoms with E-state index in [4.69, 9.17) is 4.74 Å². The summed E-state index contributed by atoms with van der Waals surface area (Å²) in [6, 6.07) is 16.8. The van der Waals surface area contributed by atoms with Gasteiger partial charge in [0.25, 0.3) is 0 Å². The number of benzene rings is 2. The lowest BCUT2D eigenvalue weighted by atomic mass is 9.85. The second kappa shape index (κ2) is 11.4. The lowest BCUT2D eigenvalue weighted by Gasteiger charge is -2.36. The molecule has 2 aliphatic rings. The van der Waals surface area contributed by atoms with Crippen molar-refractivity contribution in [2.24, 2.45) is 0 Å². The molecular formula is C32H39N7O4S. The maximum atomic E-state index is 13.2. The Hall–Kier alpha value is -4.16. The van der Waals surface area contributed by atoms with E-state index in [9.17, 15) is 13.2 Å². The summed E-state index contributed by atoms with van der Waals surface area (Å²) in [4.78, 5) is 15.5. The fourth-order valence-electron chi connectivity index (χ4n) is 5.95. The highest BCUT2D eigenvalue weighted by Crippen LogP contribution is 2.39. The van der Waals surface area contributed by atoms with Gasteiger partial charge in [-0.25, -0.2) is 13.2 Å². The Bertz CT molecular complexity index is 1810. The molecule has 1 aliphatic carbocycles. The van der Waals surface area contributed by atoms with E-state index in [1.54, 1.807) is 12.1 Å². The molecule has 3 N–H and O–H groups in total. The van der Waals surface area contributed by atoms with Crippen LogP contribution in [0.25, 0.3) is 5.65 Å². The van der Waals surface area contributed by atoms with E-state index in [0.29, 0.717) is 24.2 Å². The standard InChI is InChI=1S/C32H39N7O4S/c1-32(2,3)20-16-21(18-22(17-20)37-44(5,41)42)33-31(40)34-26-11-12-28(25-9-7-6-8-24(25)26)43-23-10-13-29-35-36-30(39(29)19-23)27-14-15-38(27)4/h6-10,13,16-19,26-28,37H,11-12,14-15H2,1-5H3,(H2,33,34,40)/t26-,27-,28+/m0/s1. The number of pyridine rings is 1. The number of aromatic nitrogens is 3. The largest absolute Gasteiger partial charge is 0.484 e. The zero-order valence-corrected chi connectivity index (χ0v) is 26.5. The predicted octanol–water partition coefficient (Wildman–Crippen LogP) is 5.55. The number of nitrogens with one attached hydrogen (secondary N) is 3. The van der Waals surface area contributed by atoms with Crippen molar-refractivity contribution in [1.29, 1.82) is 0 Å². The first-order chi connectivity index (χ1) is 20.8. The van der Waals surface area contributed by atoms with Crippen molar-refractivity contribution in [3.05, 3.63) is 83.3 Å². The molecule has 4 aromatic rings. The fourth-order valence-corrected chi connectivity index (χ4v) is 6.49. The quantitative estimate of drug-likeness (QED) is 0.248. The smallest absolute Gasteiger partial charge is 0.319 e. The van der Waals surface area contributed by atoms with Gasteiger partial charge in [-0.1, -0.05) is 45.0 Å². The van der Waals surface area contributed by atoms with Gasteiger partial charge in [-0.2, -0.15) is 0 Å². The third-order valence-corrected chi connectivity index (χ3v) is 8.97. The summed E-state index contributed by atoms with van der Waals surface area (Å²) in [6.45, 7) is 7.14. The molecule has 3 atom stereocenters. The Balaban J connectivity index is 1.18. The number of amides is 2. The number of ether oxygens (including phenoxy) is 1. The summed E-state index contributed by atoms with van der Waals surface area (Å²) >= 11 is 0. The number of likely N-dealkylation sites (tertiary alicyclic amines) is 1. The SMILES string of the molecule is CN1CC[C@H]1c1nnc2ccc(O[C@@H]3CC[C@H](NC(=O)Nc4cc(NS(C)(=O)=O)cc(C(C)(C)C)c4)c4ccccc43)cn12. The van der Waals surface area contributed by atoms with Crippen molar-refractivity contribution >= 4 is 33.1 Å². The maximum Gasteiger partial charge on any atom is 0.319 e. The van der Waals surface area contributed by atoms with Crippen LogP contribution in [0.15, 0.2) is 60.8 Å². The average Bonchev–Trinajstić information content (AvgIpc) is 3.34. The van der Waals surface area contributed by atoms with Crippen LogP contribution in [0.5, 0.6) is 5.75 Å². The van der Waals surface area contributed by atoms with Crippen LogP contribution in [0.1, 0.15) is 80.7 Å². The molecule has 2 amide bonds. The third kappa shape index (κ3) is 6.36. The second-order valence-electron chi connectivity index (χ2n) is 12.8. The van der Waals surface area contributed by atoms with Crippen LogP contribution in [0.2, 0.25) is 0 Å². The zero-order valence-electron chi connectivity index (χ0n) is 25.7. The Kier molecular flexibility index (Phi) is 7.75. The van der Waals surface area contributed by atoms with Crippen LogP contribution in [0.4, 0.5) is 16.2 Å².